The fraction of sp³-hybridized carbons (Fsp3) is 0.591. The van der Waals surface area contributed by atoms with Gasteiger partial charge in [-0.15, -0.1) is 0 Å². The Morgan fingerprint density at radius 3 is 2.00 bits per heavy atom. The van der Waals surface area contributed by atoms with Gasteiger partial charge in [0.25, 0.3) is 0 Å². The summed E-state index contributed by atoms with van der Waals surface area (Å²) in [7, 11) is 0. The molecule has 0 aromatic rings. The lowest BCUT2D eigenvalue weighted by atomic mass is 10.1. The molecule has 0 fully saturated rings. The number of carbonyl (C=O) groups is 3. The van der Waals surface area contributed by atoms with E-state index in [1.807, 2.05) is 0 Å². The van der Waals surface area contributed by atoms with Crippen LogP contribution in [0.5, 0.6) is 0 Å². The Morgan fingerprint density at radius 2 is 1.39 bits per heavy atom. The Labute approximate surface area is 168 Å². The second-order valence-corrected chi connectivity index (χ2v) is 6.66. The van der Waals surface area contributed by atoms with Crippen molar-refractivity contribution in [1.29, 1.82) is 0 Å². The van der Waals surface area contributed by atoms with Crippen molar-refractivity contribution in [1.82, 2.24) is 5.32 Å². The van der Waals surface area contributed by atoms with Gasteiger partial charge in [0.2, 0.25) is 5.91 Å². The standard InChI is InChI=1S/C22H35NO5/c1-2-3-4-5-6-7-8-9-10-11-12-13-14-15-16-17-20(24)23-19(22(27)28)18-21(25)26/h3-4,6-7,9-10,19H,2,5,8,11-18H2,1H3,(H,23,24)(H,25,26)(H,27,28)/b4-3-,7-6-,10-9-/t19-/m0/s1. The molecule has 0 aliphatic carbocycles. The van der Waals surface area contributed by atoms with E-state index >= 15 is 0 Å². The smallest absolute Gasteiger partial charge is 0.326 e. The van der Waals surface area contributed by atoms with Crippen LogP contribution in [0, 0.1) is 0 Å². The molecule has 28 heavy (non-hydrogen) atoms. The van der Waals surface area contributed by atoms with Gasteiger partial charge in [-0.05, 0) is 38.5 Å². The van der Waals surface area contributed by atoms with Gasteiger partial charge in [-0.3, -0.25) is 9.59 Å². The summed E-state index contributed by atoms with van der Waals surface area (Å²) in [5.41, 5.74) is 0. The number of nitrogens with one attached hydrogen (secondary N) is 1. The van der Waals surface area contributed by atoms with Gasteiger partial charge in [0.05, 0.1) is 6.42 Å². The van der Waals surface area contributed by atoms with Gasteiger partial charge in [-0.2, -0.15) is 0 Å². The zero-order valence-electron chi connectivity index (χ0n) is 16.9. The van der Waals surface area contributed by atoms with E-state index in [1.54, 1.807) is 0 Å². The van der Waals surface area contributed by atoms with Crippen molar-refractivity contribution in [3.8, 4) is 0 Å². The molecule has 6 heteroatoms. The zero-order chi connectivity index (χ0) is 21.0. The van der Waals surface area contributed by atoms with Crippen LogP contribution >= 0.6 is 0 Å². The van der Waals surface area contributed by atoms with Crippen molar-refractivity contribution in [3.63, 3.8) is 0 Å². The molecule has 0 saturated carbocycles. The number of rotatable bonds is 17. The van der Waals surface area contributed by atoms with Crippen molar-refractivity contribution in [3.05, 3.63) is 36.5 Å². The molecule has 1 amide bonds. The van der Waals surface area contributed by atoms with Crippen LogP contribution in [-0.4, -0.2) is 34.1 Å². The first-order valence-electron chi connectivity index (χ1n) is 10.2. The first-order chi connectivity index (χ1) is 13.5. The second kappa shape index (κ2) is 18.0. The first kappa shape index (κ1) is 25.6. The molecule has 0 unspecified atom stereocenters. The molecule has 6 nitrogen and oxygen atoms in total. The van der Waals surface area contributed by atoms with E-state index in [1.165, 1.54) is 0 Å². The average Bonchev–Trinajstić information content (AvgIpc) is 2.64. The fourth-order valence-electron chi connectivity index (χ4n) is 2.55. The van der Waals surface area contributed by atoms with Crippen LogP contribution in [0.25, 0.3) is 0 Å². The molecule has 0 aliphatic heterocycles. The number of hydrogen-bond acceptors (Lipinski definition) is 3. The number of allylic oxidation sites excluding steroid dienone is 6. The molecule has 0 aliphatic rings. The Kier molecular flexibility index (Phi) is 16.5. The third-order valence-corrected chi connectivity index (χ3v) is 4.07. The summed E-state index contributed by atoms with van der Waals surface area (Å²) in [4.78, 5) is 33.2. The molecule has 0 rings (SSSR count). The van der Waals surface area contributed by atoms with E-state index in [2.05, 4.69) is 48.7 Å². The highest BCUT2D eigenvalue weighted by Gasteiger charge is 2.22. The summed E-state index contributed by atoms with van der Waals surface area (Å²) in [5.74, 6) is -2.98. The topological polar surface area (TPSA) is 104 Å². The number of aliphatic carboxylic acids is 2. The lowest BCUT2D eigenvalue weighted by Crippen LogP contribution is -2.42. The van der Waals surface area contributed by atoms with Crippen LogP contribution in [0.4, 0.5) is 0 Å². The monoisotopic (exact) mass is 393 g/mol. The number of amides is 1. The number of carboxylic acid groups (broad SMARTS) is 2. The van der Waals surface area contributed by atoms with Crippen molar-refractivity contribution in [2.24, 2.45) is 0 Å². The number of unbranched alkanes of at least 4 members (excludes halogenated alkanes) is 5. The lowest BCUT2D eigenvalue weighted by molar-refractivity contribution is -0.147. The summed E-state index contributed by atoms with van der Waals surface area (Å²) in [5, 5.41) is 19.8. The van der Waals surface area contributed by atoms with Crippen LogP contribution in [-0.2, 0) is 14.4 Å². The third kappa shape index (κ3) is 17.1. The van der Waals surface area contributed by atoms with E-state index in [0.29, 0.717) is 6.42 Å². The van der Waals surface area contributed by atoms with Crippen LogP contribution in [0.3, 0.4) is 0 Å². The van der Waals surface area contributed by atoms with Gasteiger partial charge in [0, 0.05) is 6.42 Å². The molecule has 158 valence electrons. The fourth-order valence-corrected chi connectivity index (χ4v) is 2.55. The summed E-state index contributed by atoms with van der Waals surface area (Å²) in [6.07, 6.45) is 21.6. The molecule has 0 saturated heterocycles. The predicted octanol–water partition coefficient (Wildman–Crippen LogP) is 4.62. The normalized spacial score (nSPS) is 12.8. The Morgan fingerprint density at radius 1 is 0.821 bits per heavy atom. The highest BCUT2D eigenvalue weighted by molar-refractivity contribution is 5.86. The summed E-state index contributed by atoms with van der Waals surface area (Å²) in [6, 6.07) is -1.36. The maximum absolute atomic E-state index is 11.7. The maximum Gasteiger partial charge on any atom is 0.326 e. The summed E-state index contributed by atoms with van der Waals surface area (Å²) < 4.78 is 0. The predicted molar refractivity (Wildman–Crippen MR) is 111 cm³/mol. The van der Waals surface area contributed by atoms with Crippen molar-refractivity contribution in [2.45, 2.75) is 83.6 Å². The molecule has 0 aromatic heterocycles. The van der Waals surface area contributed by atoms with Gasteiger partial charge in [0.15, 0.2) is 0 Å². The highest BCUT2D eigenvalue weighted by Crippen LogP contribution is 2.08. The summed E-state index contributed by atoms with van der Waals surface area (Å²) >= 11 is 0. The molecule has 0 bridgehead atoms. The largest absolute Gasteiger partial charge is 0.481 e. The maximum atomic E-state index is 11.7. The van der Waals surface area contributed by atoms with Crippen LogP contribution in [0.2, 0.25) is 0 Å². The van der Waals surface area contributed by atoms with Crippen LogP contribution in [0.1, 0.15) is 77.6 Å². The third-order valence-electron chi connectivity index (χ3n) is 4.07. The van der Waals surface area contributed by atoms with Crippen LogP contribution < -0.4 is 5.32 Å². The molecular formula is C22H35NO5. The van der Waals surface area contributed by atoms with E-state index < -0.39 is 30.3 Å². The molecular weight excluding hydrogens is 358 g/mol. The quantitative estimate of drug-likeness (QED) is 0.247. The SMILES string of the molecule is CC/C=C\C/C=C\C/C=C\CCCCCCCC(=O)N[C@@H](CC(=O)O)C(=O)O. The van der Waals surface area contributed by atoms with Crippen molar-refractivity contribution >= 4 is 17.8 Å². The van der Waals surface area contributed by atoms with Gasteiger partial charge in [0.1, 0.15) is 6.04 Å². The molecule has 0 radical (unpaired) electrons. The zero-order valence-corrected chi connectivity index (χ0v) is 16.9. The molecule has 0 spiro atoms. The number of hydrogen-bond donors (Lipinski definition) is 3. The highest BCUT2D eigenvalue weighted by atomic mass is 16.4. The van der Waals surface area contributed by atoms with E-state index in [4.69, 9.17) is 10.2 Å². The molecule has 1 atom stereocenters. The Balaban J connectivity index is 3.61. The summed E-state index contributed by atoms with van der Waals surface area (Å²) in [6.45, 7) is 2.13. The first-order valence-corrected chi connectivity index (χ1v) is 10.2. The lowest BCUT2D eigenvalue weighted by Gasteiger charge is -2.12. The van der Waals surface area contributed by atoms with Gasteiger partial charge >= 0.3 is 11.9 Å². The van der Waals surface area contributed by atoms with Crippen molar-refractivity contribution < 1.29 is 24.6 Å². The van der Waals surface area contributed by atoms with Crippen LogP contribution in [0.15, 0.2) is 36.5 Å². The second-order valence-electron chi connectivity index (χ2n) is 6.66. The van der Waals surface area contributed by atoms with E-state index in [9.17, 15) is 14.4 Å². The average molecular weight is 394 g/mol. The molecule has 0 aromatic carbocycles. The minimum Gasteiger partial charge on any atom is -0.481 e. The Bertz CT molecular complexity index is 537. The van der Waals surface area contributed by atoms with E-state index in [0.717, 1.165) is 51.4 Å². The molecule has 3 N–H and O–H groups in total. The Hall–Kier alpha value is -2.37. The van der Waals surface area contributed by atoms with Gasteiger partial charge < -0.3 is 15.5 Å². The van der Waals surface area contributed by atoms with Gasteiger partial charge in [-0.25, -0.2) is 4.79 Å². The minimum absolute atomic E-state index is 0.225. The number of carbonyl (C=O) groups excluding carboxylic acids is 1. The number of carboxylic acids is 2. The van der Waals surface area contributed by atoms with Gasteiger partial charge in [-0.1, -0.05) is 62.6 Å². The van der Waals surface area contributed by atoms with E-state index in [-0.39, 0.29) is 6.42 Å². The van der Waals surface area contributed by atoms with Crippen molar-refractivity contribution in [2.75, 3.05) is 0 Å². The minimum atomic E-state index is -1.36. The molecule has 0 heterocycles.